The number of hydrogen-bond donors (Lipinski definition) is 1. The number of rotatable bonds is 1. The molecule has 1 unspecified atom stereocenters. The number of hydrogen-bond acceptors (Lipinski definition) is 4. The molecular formula is C15H16F3NO5. The summed E-state index contributed by atoms with van der Waals surface area (Å²) >= 11 is 0. The van der Waals surface area contributed by atoms with Crippen LogP contribution in [0.25, 0.3) is 0 Å². The minimum Gasteiger partial charge on any atom is -0.478 e. The third-order valence-electron chi connectivity index (χ3n) is 3.08. The van der Waals surface area contributed by atoms with Crippen molar-refractivity contribution in [3.63, 3.8) is 0 Å². The fourth-order valence-electron chi connectivity index (χ4n) is 2.08. The lowest BCUT2D eigenvalue weighted by atomic mass is 10.1. The Balaban J connectivity index is 2.46. The smallest absolute Gasteiger partial charge is 0.416 e. The van der Waals surface area contributed by atoms with E-state index in [1.807, 2.05) is 0 Å². The van der Waals surface area contributed by atoms with E-state index in [1.54, 1.807) is 20.8 Å². The zero-order valence-electron chi connectivity index (χ0n) is 13.2. The molecule has 0 bridgehead atoms. The van der Waals surface area contributed by atoms with Crippen LogP contribution in [0.15, 0.2) is 18.2 Å². The molecule has 132 valence electrons. The lowest BCUT2D eigenvalue weighted by Gasteiger charge is -2.34. The summed E-state index contributed by atoms with van der Waals surface area (Å²) in [6, 6.07) is 2.48. The summed E-state index contributed by atoms with van der Waals surface area (Å²) in [6.45, 7) is 4.31. The first-order valence-corrected chi connectivity index (χ1v) is 7.00. The number of aliphatic carboxylic acids is 1. The number of carbonyl (C=O) groups is 2. The zero-order chi connectivity index (χ0) is 18.3. The Morgan fingerprint density at radius 3 is 2.42 bits per heavy atom. The third-order valence-corrected chi connectivity index (χ3v) is 3.08. The van der Waals surface area contributed by atoms with Crippen molar-refractivity contribution < 1.29 is 37.3 Å². The lowest BCUT2D eigenvalue weighted by molar-refractivity contribution is -0.145. The summed E-state index contributed by atoms with van der Waals surface area (Å²) in [5.74, 6) is -1.47. The first-order chi connectivity index (χ1) is 10.9. The van der Waals surface area contributed by atoms with Crippen molar-refractivity contribution >= 4 is 17.7 Å². The van der Waals surface area contributed by atoms with Gasteiger partial charge in [0.15, 0.2) is 0 Å². The number of carboxylic acids is 1. The first-order valence-electron chi connectivity index (χ1n) is 7.00. The highest BCUT2D eigenvalue weighted by Crippen LogP contribution is 2.39. The molecule has 1 atom stereocenters. The van der Waals surface area contributed by atoms with Crippen molar-refractivity contribution in [3.8, 4) is 5.75 Å². The Labute approximate surface area is 135 Å². The Morgan fingerprint density at radius 1 is 1.29 bits per heavy atom. The molecule has 0 aliphatic carbocycles. The number of carbonyl (C=O) groups excluding carboxylic acids is 1. The van der Waals surface area contributed by atoms with E-state index in [0.29, 0.717) is 0 Å². The molecule has 0 radical (unpaired) electrons. The highest BCUT2D eigenvalue weighted by atomic mass is 19.4. The van der Waals surface area contributed by atoms with Gasteiger partial charge in [-0.1, -0.05) is 0 Å². The second kappa shape index (κ2) is 5.88. The monoisotopic (exact) mass is 347 g/mol. The van der Waals surface area contributed by atoms with Crippen LogP contribution in [-0.2, 0) is 15.7 Å². The molecule has 1 aliphatic heterocycles. The van der Waals surface area contributed by atoms with E-state index in [1.165, 1.54) is 0 Å². The minimum absolute atomic E-state index is 0.132. The standard InChI is InChI=1S/C15H16F3NO5/c1-14(2,3)24-13(22)19-7-11(12(20)21)23-10-5-4-8(6-9(10)19)15(16,17)18/h4-6,11H,7H2,1-3H3,(H,20,21). The second-order valence-electron chi connectivity index (χ2n) is 6.22. The van der Waals surface area contributed by atoms with Gasteiger partial charge in [-0.3, -0.25) is 4.90 Å². The molecule has 0 aromatic heterocycles. The number of benzene rings is 1. The van der Waals surface area contributed by atoms with E-state index in [-0.39, 0.29) is 11.4 Å². The fourth-order valence-corrected chi connectivity index (χ4v) is 2.08. The molecule has 0 saturated heterocycles. The molecule has 6 nitrogen and oxygen atoms in total. The van der Waals surface area contributed by atoms with Crippen molar-refractivity contribution in [2.24, 2.45) is 0 Å². The normalized spacial score (nSPS) is 17.8. The van der Waals surface area contributed by atoms with Crippen molar-refractivity contribution in [1.82, 2.24) is 0 Å². The van der Waals surface area contributed by atoms with Gasteiger partial charge in [-0.15, -0.1) is 0 Å². The van der Waals surface area contributed by atoms with Gasteiger partial charge in [0.1, 0.15) is 11.4 Å². The summed E-state index contributed by atoms with van der Waals surface area (Å²) in [4.78, 5) is 24.3. The Bertz CT molecular complexity index is 666. The quantitative estimate of drug-likeness (QED) is 0.844. The molecule has 0 spiro atoms. The summed E-state index contributed by atoms with van der Waals surface area (Å²) in [5, 5.41) is 9.10. The van der Waals surface area contributed by atoms with Crippen LogP contribution in [-0.4, -0.2) is 35.4 Å². The van der Waals surface area contributed by atoms with Crippen LogP contribution < -0.4 is 9.64 Å². The fraction of sp³-hybridized carbons (Fsp3) is 0.467. The van der Waals surface area contributed by atoms with Crippen LogP contribution in [0.4, 0.5) is 23.7 Å². The van der Waals surface area contributed by atoms with Crippen molar-refractivity contribution in [3.05, 3.63) is 23.8 Å². The van der Waals surface area contributed by atoms with Gasteiger partial charge in [0, 0.05) is 0 Å². The maximum Gasteiger partial charge on any atom is 0.416 e. The molecular weight excluding hydrogens is 331 g/mol. The number of amides is 1. The van der Waals surface area contributed by atoms with Crippen molar-refractivity contribution in [1.29, 1.82) is 0 Å². The largest absolute Gasteiger partial charge is 0.478 e. The molecule has 24 heavy (non-hydrogen) atoms. The minimum atomic E-state index is -4.61. The van der Waals surface area contributed by atoms with Gasteiger partial charge < -0.3 is 14.6 Å². The average molecular weight is 347 g/mol. The number of halogens is 3. The molecule has 1 heterocycles. The number of ether oxygens (including phenoxy) is 2. The molecule has 1 aromatic carbocycles. The van der Waals surface area contributed by atoms with E-state index >= 15 is 0 Å². The molecule has 0 fully saturated rings. The van der Waals surface area contributed by atoms with Crippen molar-refractivity contribution in [2.45, 2.75) is 38.7 Å². The number of nitrogens with zero attached hydrogens (tertiary/aromatic N) is 1. The number of fused-ring (bicyclic) bond motifs is 1. The highest BCUT2D eigenvalue weighted by molar-refractivity contribution is 5.92. The molecule has 9 heteroatoms. The van der Waals surface area contributed by atoms with Crippen LogP contribution in [0.2, 0.25) is 0 Å². The molecule has 1 N–H and O–H groups in total. The van der Waals surface area contributed by atoms with Crippen LogP contribution in [0.3, 0.4) is 0 Å². The lowest BCUT2D eigenvalue weighted by Crippen LogP contribution is -2.48. The summed E-state index contributed by atoms with van der Waals surface area (Å²) < 4.78 is 49.0. The van der Waals surface area contributed by atoms with Gasteiger partial charge in [0.05, 0.1) is 17.8 Å². The highest BCUT2D eigenvalue weighted by Gasteiger charge is 2.38. The Hall–Kier alpha value is -2.45. The maximum absolute atomic E-state index is 12.9. The van der Waals surface area contributed by atoms with Crippen LogP contribution >= 0.6 is 0 Å². The van der Waals surface area contributed by atoms with Gasteiger partial charge in [0.25, 0.3) is 0 Å². The van der Waals surface area contributed by atoms with Crippen LogP contribution in [0.5, 0.6) is 5.75 Å². The summed E-state index contributed by atoms with van der Waals surface area (Å²) in [6.07, 6.45) is -6.96. The first kappa shape index (κ1) is 17.9. The van der Waals surface area contributed by atoms with Crippen LogP contribution in [0, 0.1) is 0 Å². The van der Waals surface area contributed by atoms with Crippen molar-refractivity contribution in [2.75, 3.05) is 11.4 Å². The number of alkyl halides is 3. The predicted molar refractivity (Wildman–Crippen MR) is 77.1 cm³/mol. The molecule has 1 amide bonds. The second-order valence-corrected chi connectivity index (χ2v) is 6.22. The molecule has 1 aromatic rings. The number of carboxylic acid groups (broad SMARTS) is 1. The number of anilines is 1. The third kappa shape index (κ3) is 3.90. The molecule has 0 saturated carbocycles. The summed E-state index contributed by atoms with van der Waals surface area (Å²) in [5.41, 5.74) is -2.06. The van der Waals surface area contributed by atoms with E-state index in [4.69, 9.17) is 14.6 Å². The van der Waals surface area contributed by atoms with E-state index in [9.17, 15) is 22.8 Å². The SMILES string of the molecule is CC(C)(C)OC(=O)N1CC(C(=O)O)Oc2ccc(C(F)(F)F)cc21. The van der Waals surface area contributed by atoms with Gasteiger partial charge in [-0.25, -0.2) is 9.59 Å². The average Bonchev–Trinajstić information content (AvgIpc) is 2.42. The predicted octanol–water partition coefficient (Wildman–Crippen LogP) is 3.29. The van der Waals surface area contributed by atoms with E-state index < -0.39 is 42.1 Å². The van der Waals surface area contributed by atoms with Gasteiger partial charge in [0.2, 0.25) is 6.10 Å². The van der Waals surface area contributed by atoms with Gasteiger partial charge in [-0.2, -0.15) is 13.2 Å². The van der Waals surface area contributed by atoms with Crippen LogP contribution in [0.1, 0.15) is 26.3 Å². The molecule has 1 aliphatic rings. The van der Waals surface area contributed by atoms with Gasteiger partial charge >= 0.3 is 18.2 Å². The Morgan fingerprint density at radius 2 is 1.92 bits per heavy atom. The summed E-state index contributed by atoms with van der Waals surface area (Å²) in [7, 11) is 0. The molecule has 2 rings (SSSR count). The zero-order valence-corrected chi connectivity index (χ0v) is 13.2. The maximum atomic E-state index is 12.9. The van der Waals surface area contributed by atoms with E-state index in [0.717, 1.165) is 23.1 Å². The topological polar surface area (TPSA) is 76.1 Å². The van der Waals surface area contributed by atoms with E-state index in [2.05, 4.69) is 0 Å². The van der Waals surface area contributed by atoms with Gasteiger partial charge in [-0.05, 0) is 39.0 Å². The Kier molecular flexibility index (Phi) is 4.38.